The summed E-state index contributed by atoms with van der Waals surface area (Å²) in [5.41, 5.74) is 3.68. The summed E-state index contributed by atoms with van der Waals surface area (Å²) in [4.78, 5) is 14.1. The van der Waals surface area contributed by atoms with Gasteiger partial charge in [0, 0.05) is 19.2 Å². The highest BCUT2D eigenvalue weighted by Crippen LogP contribution is 2.18. The van der Waals surface area contributed by atoms with Crippen molar-refractivity contribution in [3.8, 4) is 0 Å². The van der Waals surface area contributed by atoms with Crippen LogP contribution >= 0.6 is 0 Å². The molecule has 1 heterocycles. The molecule has 0 N–H and O–H groups in total. The van der Waals surface area contributed by atoms with Crippen LogP contribution in [0.1, 0.15) is 16.7 Å². The minimum absolute atomic E-state index is 0.0864. The fourth-order valence-electron chi connectivity index (χ4n) is 2.52. The van der Waals surface area contributed by atoms with Gasteiger partial charge in [0.25, 0.3) is 0 Å². The summed E-state index contributed by atoms with van der Waals surface area (Å²) >= 11 is 0. The van der Waals surface area contributed by atoms with Gasteiger partial charge in [0.1, 0.15) is 0 Å². The van der Waals surface area contributed by atoms with E-state index in [1.54, 1.807) is 6.08 Å². The van der Waals surface area contributed by atoms with Gasteiger partial charge in [0.15, 0.2) is 0 Å². The molecule has 1 aliphatic heterocycles. The Bertz CT molecular complexity index is 631. The summed E-state index contributed by atoms with van der Waals surface area (Å²) in [5.74, 6) is 0.0864. The molecule has 0 radical (unpaired) electrons. The van der Waals surface area contributed by atoms with E-state index in [9.17, 15) is 4.79 Å². The van der Waals surface area contributed by atoms with E-state index in [1.165, 1.54) is 11.1 Å². The maximum Gasteiger partial charge on any atom is 0.246 e. The molecule has 0 aliphatic carbocycles. The van der Waals surface area contributed by atoms with Crippen molar-refractivity contribution in [2.75, 3.05) is 6.54 Å². The minimum atomic E-state index is 0.0864. The molecule has 1 amide bonds. The van der Waals surface area contributed by atoms with Gasteiger partial charge in [-0.15, -0.1) is 0 Å². The quantitative estimate of drug-likeness (QED) is 0.761. The standard InChI is InChI=1S/C18H17NO/c20-18(11-10-15-6-2-1-3-7-15)19-13-12-16-8-4-5-9-17(16)14-19/h1-11H,12-14H2/b11-10-. The van der Waals surface area contributed by atoms with Crippen molar-refractivity contribution in [1.29, 1.82) is 0 Å². The van der Waals surface area contributed by atoms with E-state index >= 15 is 0 Å². The van der Waals surface area contributed by atoms with Crippen LogP contribution < -0.4 is 0 Å². The molecule has 100 valence electrons. The molecule has 2 aromatic rings. The number of amides is 1. The SMILES string of the molecule is O=C(/C=C\c1ccccc1)N1CCc2ccccc2C1. The molecule has 0 spiro atoms. The Hall–Kier alpha value is -2.35. The van der Waals surface area contributed by atoms with Crippen LogP contribution in [0.4, 0.5) is 0 Å². The molecule has 0 unspecified atom stereocenters. The molecular weight excluding hydrogens is 246 g/mol. The van der Waals surface area contributed by atoms with Crippen LogP contribution in [0, 0.1) is 0 Å². The molecule has 2 nitrogen and oxygen atoms in total. The second-order valence-corrected chi connectivity index (χ2v) is 5.02. The molecule has 2 aromatic carbocycles. The highest BCUT2D eigenvalue weighted by atomic mass is 16.2. The lowest BCUT2D eigenvalue weighted by molar-refractivity contribution is -0.126. The Balaban J connectivity index is 1.69. The van der Waals surface area contributed by atoms with E-state index in [0.29, 0.717) is 6.54 Å². The third-order valence-electron chi connectivity index (χ3n) is 3.66. The Morgan fingerprint density at radius 2 is 1.65 bits per heavy atom. The topological polar surface area (TPSA) is 20.3 Å². The van der Waals surface area contributed by atoms with Crippen molar-refractivity contribution < 1.29 is 4.79 Å². The predicted molar refractivity (Wildman–Crippen MR) is 81.0 cm³/mol. The molecular formula is C18H17NO. The zero-order valence-electron chi connectivity index (χ0n) is 11.3. The number of carbonyl (C=O) groups is 1. The van der Waals surface area contributed by atoms with Gasteiger partial charge in [0.05, 0.1) is 0 Å². The predicted octanol–water partition coefficient (Wildman–Crippen LogP) is 3.28. The fraction of sp³-hybridized carbons (Fsp3) is 0.167. The Morgan fingerprint density at radius 1 is 0.950 bits per heavy atom. The molecule has 2 heteroatoms. The first kappa shape index (κ1) is 12.7. The number of hydrogen-bond acceptors (Lipinski definition) is 1. The van der Waals surface area contributed by atoms with Crippen molar-refractivity contribution in [2.24, 2.45) is 0 Å². The Labute approximate surface area is 119 Å². The molecule has 0 bridgehead atoms. The second-order valence-electron chi connectivity index (χ2n) is 5.02. The summed E-state index contributed by atoms with van der Waals surface area (Å²) in [6.07, 6.45) is 4.49. The maximum absolute atomic E-state index is 12.2. The van der Waals surface area contributed by atoms with Gasteiger partial charge in [-0.05, 0) is 29.2 Å². The molecule has 20 heavy (non-hydrogen) atoms. The first-order chi connectivity index (χ1) is 9.83. The molecule has 0 saturated carbocycles. The van der Waals surface area contributed by atoms with Crippen LogP contribution in [0.5, 0.6) is 0 Å². The zero-order chi connectivity index (χ0) is 13.8. The van der Waals surface area contributed by atoms with E-state index in [0.717, 1.165) is 18.5 Å². The number of fused-ring (bicyclic) bond motifs is 1. The highest BCUT2D eigenvalue weighted by molar-refractivity contribution is 5.91. The number of carbonyl (C=O) groups excluding carboxylic acids is 1. The van der Waals surface area contributed by atoms with Crippen molar-refractivity contribution in [2.45, 2.75) is 13.0 Å². The van der Waals surface area contributed by atoms with E-state index < -0.39 is 0 Å². The van der Waals surface area contributed by atoms with Crippen molar-refractivity contribution in [3.05, 3.63) is 77.4 Å². The first-order valence-corrected chi connectivity index (χ1v) is 6.92. The number of nitrogens with zero attached hydrogens (tertiary/aromatic N) is 1. The number of hydrogen-bond donors (Lipinski definition) is 0. The van der Waals surface area contributed by atoms with Crippen molar-refractivity contribution >= 4 is 12.0 Å². The molecule has 1 aliphatic rings. The van der Waals surface area contributed by atoms with Crippen molar-refractivity contribution in [1.82, 2.24) is 4.90 Å². The lowest BCUT2D eigenvalue weighted by Gasteiger charge is -2.27. The smallest absolute Gasteiger partial charge is 0.246 e. The number of benzene rings is 2. The third-order valence-corrected chi connectivity index (χ3v) is 3.66. The Kier molecular flexibility index (Phi) is 3.64. The normalized spacial score (nSPS) is 14.3. The van der Waals surface area contributed by atoms with Crippen LogP contribution in [-0.4, -0.2) is 17.4 Å². The fourth-order valence-corrected chi connectivity index (χ4v) is 2.52. The largest absolute Gasteiger partial charge is 0.334 e. The van der Waals surface area contributed by atoms with E-state index in [1.807, 2.05) is 47.4 Å². The van der Waals surface area contributed by atoms with E-state index in [4.69, 9.17) is 0 Å². The third kappa shape index (κ3) is 2.80. The highest BCUT2D eigenvalue weighted by Gasteiger charge is 2.18. The van der Waals surface area contributed by atoms with Crippen LogP contribution in [0.15, 0.2) is 60.7 Å². The van der Waals surface area contributed by atoms with Gasteiger partial charge in [-0.1, -0.05) is 54.6 Å². The molecule has 0 atom stereocenters. The lowest BCUT2D eigenvalue weighted by atomic mass is 10.00. The van der Waals surface area contributed by atoms with Gasteiger partial charge in [-0.3, -0.25) is 4.79 Å². The van der Waals surface area contributed by atoms with E-state index in [2.05, 4.69) is 18.2 Å². The molecule has 3 rings (SSSR count). The average Bonchev–Trinajstić information content (AvgIpc) is 2.53. The van der Waals surface area contributed by atoms with Crippen LogP contribution in [0.3, 0.4) is 0 Å². The van der Waals surface area contributed by atoms with Crippen molar-refractivity contribution in [3.63, 3.8) is 0 Å². The molecule has 0 fully saturated rings. The maximum atomic E-state index is 12.2. The summed E-state index contributed by atoms with van der Waals surface area (Å²) in [5, 5.41) is 0. The van der Waals surface area contributed by atoms with Crippen LogP contribution in [0.25, 0.3) is 6.08 Å². The van der Waals surface area contributed by atoms with Crippen LogP contribution in [-0.2, 0) is 17.8 Å². The minimum Gasteiger partial charge on any atom is -0.334 e. The summed E-state index contributed by atoms with van der Waals surface area (Å²) in [6, 6.07) is 18.3. The molecule has 0 saturated heterocycles. The van der Waals surface area contributed by atoms with Gasteiger partial charge >= 0.3 is 0 Å². The number of rotatable bonds is 2. The first-order valence-electron chi connectivity index (χ1n) is 6.92. The van der Waals surface area contributed by atoms with Gasteiger partial charge in [0.2, 0.25) is 5.91 Å². The molecule has 0 aromatic heterocycles. The van der Waals surface area contributed by atoms with E-state index in [-0.39, 0.29) is 5.91 Å². The summed E-state index contributed by atoms with van der Waals surface area (Å²) < 4.78 is 0. The summed E-state index contributed by atoms with van der Waals surface area (Å²) in [7, 11) is 0. The average molecular weight is 263 g/mol. The van der Waals surface area contributed by atoms with Crippen LogP contribution in [0.2, 0.25) is 0 Å². The van der Waals surface area contributed by atoms with Gasteiger partial charge in [-0.2, -0.15) is 0 Å². The Morgan fingerprint density at radius 3 is 2.45 bits per heavy atom. The summed E-state index contributed by atoms with van der Waals surface area (Å²) in [6.45, 7) is 1.52. The van der Waals surface area contributed by atoms with Gasteiger partial charge < -0.3 is 4.90 Å². The van der Waals surface area contributed by atoms with Gasteiger partial charge in [-0.25, -0.2) is 0 Å². The lowest BCUT2D eigenvalue weighted by Crippen LogP contribution is -2.34. The monoisotopic (exact) mass is 263 g/mol. The second kappa shape index (κ2) is 5.74. The zero-order valence-corrected chi connectivity index (χ0v) is 11.3.